The zero-order valence-corrected chi connectivity index (χ0v) is 14.2. The lowest BCUT2D eigenvalue weighted by atomic mass is 10.0. The first-order valence-corrected chi connectivity index (χ1v) is 8.95. The van der Waals surface area contributed by atoms with Crippen molar-refractivity contribution in [1.82, 2.24) is 15.3 Å². The Labute approximate surface area is 151 Å². The third-order valence-electron chi connectivity index (χ3n) is 4.86. The highest BCUT2D eigenvalue weighted by atomic mass is 16.1. The number of hydrogen-bond donors (Lipinski definition) is 2. The predicted octanol–water partition coefficient (Wildman–Crippen LogP) is 2.70. The van der Waals surface area contributed by atoms with Gasteiger partial charge in [0, 0.05) is 30.1 Å². The zero-order valence-electron chi connectivity index (χ0n) is 14.2. The van der Waals surface area contributed by atoms with E-state index in [1.165, 1.54) is 0 Å². The number of anilines is 2. The summed E-state index contributed by atoms with van der Waals surface area (Å²) < 4.78 is 0. The quantitative estimate of drug-likeness (QED) is 0.831. The van der Waals surface area contributed by atoms with Gasteiger partial charge in [-0.05, 0) is 55.5 Å². The second kappa shape index (κ2) is 6.80. The van der Waals surface area contributed by atoms with Crippen molar-refractivity contribution in [3.8, 4) is 0 Å². The van der Waals surface area contributed by atoms with Gasteiger partial charge < -0.3 is 16.0 Å². The fourth-order valence-corrected chi connectivity index (χ4v) is 3.25. The molecule has 2 fully saturated rings. The van der Waals surface area contributed by atoms with Crippen LogP contribution in [0.5, 0.6) is 0 Å². The smallest absolute Gasteiger partial charge is 0.215 e. The summed E-state index contributed by atoms with van der Waals surface area (Å²) in [6, 6.07) is 7.50. The molecule has 1 saturated carbocycles. The third kappa shape index (κ3) is 3.49. The summed E-state index contributed by atoms with van der Waals surface area (Å²) >= 11 is 0. The van der Waals surface area contributed by atoms with E-state index >= 15 is 0 Å². The van der Waals surface area contributed by atoms with Crippen LogP contribution >= 0.6 is 0 Å². The maximum atomic E-state index is 13.0. The second-order valence-electron chi connectivity index (χ2n) is 6.78. The van der Waals surface area contributed by atoms with Gasteiger partial charge in [0.25, 0.3) is 0 Å². The van der Waals surface area contributed by atoms with Gasteiger partial charge >= 0.3 is 0 Å². The van der Waals surface area contributed by atoms with Crippen LogP contribution in [-0.4, -0.2) is 41.9 Å². The number of ketones is 1. The van der Waals surface area contributed by atoms with E-state index < -0.39 is 0 Å². The number of nitrogens with one attached hydrogen (secondary N) is 1. The molecular weight excluding hydrogens is 314 g/mol. The van der Waals surface area contributed by atoms with Crippen LogP contribution in [0.1, 0.15) is 51.1 Å². The Bertz CT molecular complexity index is 793. The first-order chi connectivity index (χ1) is 12.2. The lowest BCUT2D eigenvalue weighted by Gasteiger charge is -2.21. The maximum Gasteiger partial charge on any atom is 0.215 e. The van der Waals surface area contributed by atoms with Gasteiger partial charge in [-0.25, -0.2) is 9.97 Å². The number of hydrogen-bond acceptors (Lipinski definition) is 6. The van der Waals surface area contributed by atoms with Crippen molar-refractivity contribution in [1.29, 1.82) is 0 Å². The number of rotatable bonds is 4. The average molecular weight is 343 g/mol. The molecule has 0 amide bonds. The SMILES string of the molecule is Nc1ncc(C2CC2)cc1C(=O)c1cccc(N2CCCNCC2)n1.[HH].[HH].[HH]. The first-order valence-electron chi connectivity index (χ1n) is 8.95. The zero-order chi connectivity index (χ0) is 17.2. The van der Waals surface area contributed by atoms with Crippen LogP contribution < -0.4 is 16.0 Å². The Hall–Kier alpha value is -2.47. The minimum absolute atomic E-state index is 0. The second-order valence-corrected chi connectivity index (χ2v) is 6.78. The van der Waals surface area contributed by atoms with Crippen LogP contribution in [-0.2, 0) is 0 Å². The average Bonchev–Trinajstić information content (AvgIpc) is 3.48. The topological polar surface area (TPSA) is 84.1 Å². The molecule has 0 atom stereocenters. The molecule has 0 spiro atoms. The van der Waals surface area contributed by atoms with Gasteiger partial charge in [0.05, 0.1) is 5.56 Å². The minimum Gasteiger partial charge on any atom is -0.383 e. The highest BCUT2D eigenvalue weighted by Gasteiger charge is 2.26. The van der Waals surface area contributed by atoms with Gasteiger partial charge in [-0.3, -0.25) is 4.79 Å². The largest absolute Gasteiger partial charge is 0.383 e. The Morgan fingerprint density at radius 3 is 3.00 bits per heavy atom. The minimum atomic E-state index is -0.151. The maximum absolute atomic E-state index is 13.0. The Morgan fingerprint density at radius 2 is 2.16 bits per heavy atom. The molecule has 2 aromatic heterocycles. The van der Waals surface area contributed by atoms with E-state index in [-0.39, 0.29) is 15.9 Å². The van der Waals surface area contributed by atoms with Crippen molar-refractivity contribution >= 4 is 17.4 Å². The monoisotopic (exact) mass is 343 g/mol. The fourth-order valence-electron chi connectivity index (χ4n) is 3.25. The number of carbonyl (C=O) groups is 1. The molecule has 25 heavy (non-hydrogen) atoms. The van der Waals surface area contributed by atoms with E-state index in [9.17, 15) is 4.79 Å². The molecular formula is C19H29N5O. The number of nitrogens with two attached hydrogens (primary N) is 1. The number of nitrogen functional groups attached to an aromatic ring is 1. The van der Waals surface area contributed by atoms with Gasteiger partial charge in [0.1, 0.15) is 17.3 Å². The van der Waals surface area contributed by atoms with Crippen LogP contribution in [0.2, 0.25) is 0 Å². The molecule has 1 aliphatic heterocycles. The van der Waals surface area contributed by atoms with Crippen molar-refractivity contribution in [2.24, 2.45) is 0 Å². The van der Waals surface area contributed by atoms with Crippen molar-refractivity contribution in [3.63, 3.8) is 0 Å². The molecule has 6 heteroatoms. The molecule has 6 nitrogen and oxygen atoms in total. The molecule has 0 radical (unpaired) electrons. The van der Waals surface area contributed by atoms with Crippen molar-refractivity contribution < 1.29 is 9.07 Å². The van der Waals surface area contributed by atoms with Gasteiger partial charge in [-0.2, -0.15) is 0 Å². The van der Waals surface area contributed by atoms with Crippen molar-refractivity contribution in [2.75, 3.05) is 36.8 Å². The van der Waals surface area contributed by atoms with Crippen LogP contribution in [0, 0.1) is 0 Å². The molecule has 136 valence electrons. The fraction of sp³-hybridized carbons (Fsp3) is 0.421. The predicted molar refractivity (Wildman–Crippen MR) is 104 cm³/mol. The van der Waals surface area contributed by atoms with Crippen molar-refractivity contribution in [3.05, 3.63) is 47.3 Å². The van der Waals surface area contributed by atoms with Crippen LogP contribution in [0.4, 0.5) is 11.6 Å². The van der Waals surface area contributed by atoms with Crippen LogP contribution in [0.3, 0.4) is 0 Å². The number of carbonyl (C=O) groups excluding carboxylic acids is 1. The molecule has 1 aliphatic carbocycles. The Morgan fingerprint density at radius 1 is 1.28 bits per heavy atom. The normalized spacial score (nSPS) is 18.0. The summed E-state index contributed by atoms with van der Waals surface area (Å²) in [6.07, 6.45) is 5.18. The highest BCUT2D eigenvalue weighted by molar-refractivity contribution is 6.10. The Kier molecular flexibility index (Phi) is 4.36. The molecule has 3 N–H and O–H groups in total. The van der Waals surface area contributed by atoms with Crippen molar-refractivity contribution in [2.45, 2.75) is 25.2 Å². The van der Waals surface area contributed by atoms with Gasteiger partial charge in [-0.1, -0.05) is 6.07 Å². The molecule has 2 aliphatic rings. The van der Waals surface area contributed by atoms with E-state index in [0.717, 1.165) is 56.8 Å². The van der Waals surface area contributed by atoms with Gasteiger partial charge in [0.2, 0.25) is 5.78 Å². The summed E-state index contributed by atoms with van der Waals surface area (Å²) in [5.74, 6) is 1.51. The first kappa shape index (κ1) is 16.0. The van der Waals surface area contributed by atoms with Crippen LogP contribution in [0.25, 0.3) is 0 Å². The van der Waals surface area contributed by atoms with E-state index in [4.69, 9.17) is 5.73 Å². The van der Waals surface area contributed by atoms with Gasteiger partial charge in [0.15, 0.2) is 0 Å². The number of nitrogens with zero attached hydrogens (tertiary/aromatic N) is 3. The summed E-state index contributed by atoms with van der Waals surface area (Å²) in [6.45, 7) is 3.79. The van der Waals surface area contributed by atoms with Crippen LogP contribution in [0.15, 0.2) is 30.5 Å². The van der Waals surface area contributed by atoms with Gasteiger partial charge in [-0.15, -0.1) is 0 Å². The Balaban J connectivity index is 0.00000131. The molecule has 0 aromatic carbocycles. The van der Waals surface area contributed by atoms with E-state index in [2.05, 4.69) is 20.2 Å². The molecule has 3 heterocycles. The molecule has 0 bridgehead atoms. The van der Waals surface area contributed by atoms with E-state index in [1.807, 2.05) is 18.2 Å². The lowest BCUT2D eigenvalue weighted by Crippen LogP contribution is -2.29. The van der Waals surface area contributed by atoms with E-state index in [0.29, 0.717) is 17.2 Å². The summed E-state index contributed by atoms with van der Waals surface area (Å²) in [5.41, 5.74) is 7.97. The molecule has 4 rings (SSSR count). The standard InChI is InChI=1S/C19H23N5O.3H2/c20-19-15(11-14(12-22-19)13-5-6-13)18(25)16-3-1-4-17(23-16)24-9-2-7-21-8-10-24;;;/h1,3-4,11-13,21H,2,5-10H2,(H2,20,22);3*1H. The molecule has 1 saturated heterocycles. The third-order valence-corrected chi connectivity index (χ3v) is 4.86. The lowest BCUT2D eigenvalue weighted by molar-refractivity contribution is 0.103. The summed E-state index contributed by atoms with van der Waals surface area (Å²) in [4.78, 5) is 24.0. The summed E-state index contributed by atoms with van der Waals surface area (Å²) in [7, 11) is 0. The number of aromatic nitrogens is 2. The number of pyridine rings is 2. The molecule has 0 unspecified atom stereocenters. The highest BCUT2D eigenvalue weighted by Crippen LogP contribution is 2.40. The summed E-state index contributed by atoms with van der Waals surface area (Å²) in [5, 5.41) is 3.38. The molecule has 2 aromatic rings. The van der Waals surface area contributed by atoms with E-state index in [1.54, 1.807) is 12.3 Å².